The smallest absolute Gasteiger partial charge is 0.241 e. The normalized spacial score (nSPS) is 17.5. The molecule has 0 saturated carbocycles. The van der Waals surface area contributed by atoms with Crippen molar-refractivity contribution in [3.05, 3.63) is 35.7 Å². The van der Waals surface area contributed by atoms with Crippen molar-refractivity contribution in [2.75, 3.05) is 49.2 Å². The van der Waals surface area contributed by atoms with Crippen LogP contribution in [0.5, 0.6) is 0 Å². The number of rotatable bonds is 6. The molecule has 4 rings (SSSR count). The van der Waals surface area contributed by atoms with Crippen molar-refractivity contribution in [3.63, 3.8) is 0 Å². The number of morpholine rings is 1. The van der Waals surface area contributed by atoms with Crippen LogP contribution in [0, 0.1) is 11.6 Å². The van der Waals surface area contributed by atoms with E-state index in [2.05, 4.69) is 19.7 Å². The summed E-state index contributed by atoms with van der Waals surface area (Å²) in [5, 5.41) is 0. The number of anilines is 2. The summed E-state index contributed by atoms with van der Waals surface area (Å²) >= 11 is 0. The third-order valence-corrected chi connectivity index (χ3v) is 6.36. The van der Waals surface area contributed by atoms with Crippen molar-refractivity contribution in [3.8, 4) is 0 Å². The Labute approximate surface area is 173 Å². The minimum atomic E-state index is -4.07. The predicted octanol–water partition coefficient (Wildman–Crippen LogP) is 1.07. The fraction of sp³-hybridized carbons (Fsp3) is 0.500. The molecule has 2 aromatic rings. The number of halogens is 2. The van der Waals surface area contributed by atoms with E-state index < -0.39 is 21.7 Å². The molecule has 0 spiro atoms. The van der Waals surface area contributed by atoms with E-state index in [0.717, 1.165) is 38.1 Å². The molecule has 0 bridgehead atoms. The Morgan fingerprint density at radius 2 is 1.57 bits per heavy atom. The summed E-state index contributed by atoms with van der Waals surface area (Å²) in [5.74, 6) is -1.12. The molecule has 1 aromatic heterocycles. The zero-order valence-electron chi connectivity index (χ0n) is 16.2. The van der Waals surface area contributed by atoms with Crippen LogP contribution in [0.3, 0.4) is 0 Å². The number of sulfonamides is 1. The Balaban J connectivity index is 1.57. The summed E-state index contributed by atoms with van der Waals surface area (Å²) in [6, 6.07) is 2.41. The van der Waals surface area contributed by atoms with Crippen LogP contribution in [0.25, 0.3) is 0 Å². The second-order valence-corrected chi connectivity index (χ2v) is 8.81. The lowest BCUT2D eigenvalue weighted by molar-refractivity contribution is 0.122. The van der Waals surface area contributed by atoms with Gasteiger partial charge >= 0.3 is 0 Å². The van der Waals surface area contributed by atoms with E-state index in [1.807, 2.05) is 9.80 Å². The third kappa shape index (κ3) is 4.65. The molecule has 0 amide bonds. The van der Waals surface area contributed by atoms with E-state index >= 15 is 0 Å². The van der Waals surface area contributed by atoms with Gasteiger partial charge in [-0.3, -0.25) is 0 Å². The minimum absolute atomic E-state index is 0.206. The van der Waals surface area contributed by atoms with Crippen LogP contribution in [-0.4, -0.2) is 62.8 Å². The molecule has 2 aliphatic heterocycles. The van der Waals surface area contributed by atoms with Crippen molar-refractivity contribution in [2.24, 2.45) is 0 Å². The summed E-state index contributed by atoms with van der Waals surface area (Å²) in [6.45, 7) is 3.82. The van der Waals surface area contributed by atoms with Crippen LogP contribution >= 0.6 is 0 Å². The number of nitrogens with one attached hydrogen (secondary N) is 1. The standard InChI is InChI=1S/C18H22F2N6O3S/c19-14-4-3-13(11-15(14)20)30(27,28)21-12-16-22-17(25-5-1-2-6-25)24-18(23-16)26-7-9-29-10-8-26/h3-4,11,21H,1-2,5-10,12H2. The largest absolute Gasteiger partial charge is 0.378 e. The molecule has 2 fully saturated rings. The van der Waals surface area contributed by atoms with E-state index in [0.29, 0.717) is 44.3 Å². The van der Waals surface area contributed by atoms with Gasteiger partial charge in [0.15, 0.2) is 17.5 Å². The number of ether oxygens (including phenoxy) is 1. The van der Waals surface area contributed by atoms with Crippen LogP contribution in [0.15, 0.2) is 23.1 Å². The van der Waals surface area contributed by atoms with E-state index in [4.69, 9.17) is 4.74 Å². The van der Waals surface area contributed by atoms with Crippen molar-refractivity contribution < 1.29 is 21.9 Å². The van der Waals surface area contributed by atoms with Gasteiger partial charge in [-0.1, -0.05) is 0 Å². The van der Waals surface area contributed by atoms with Crippen LogP contribution in [0.1, 0.15) is 18.7 Å². The lowest BCUT2D eigenvalue weighted by Gasteiger charge is -2.28. The number of benzene rings is 1. The highest BCUT2D eigenvalue weighted by Gasteiger charge is 2.22. The second kappa shape index (κ2) is 8.74. The van der Waals surface area contributed by atoms with Crippen LogP contribution in [0.2, 0.25) is 0 Å². The Hall–Kier alpha value is -2.44. The van der Waals surface area contributed by atoms with Crippen molar-refractivity contribution >= 4 is 21.9 Å². The van der Waals surface area contributed by atoms with Gasteiger partial charge in [-0.2, -0.15) is 15.0 Å². The average molecular weight is 440 g/mol. The molecule has 3 heterocycles. The maximum absolute atomic E-state index is 13.4. The van der Waals surface area contributed by atoms with Crippen molar-refractivity contribution in [1.82, 2.24) is 19.7 Å². The molecule has 30 heavy (non-hydrogen) atoms. The van der Waals surface area contributed by atoms with Crippen LogP contribution in [-0.2, 0) is 21.3 Å². The molecule has 0 atom stereocenters. The van der Waals surface area contributed by atoms with Gasteiger partial charge in [0.2, 0.25) is 21.9 Å². The Kier molecular flexibility index (Phi) is 6.06. The average Bonchev–Trinajstić information content (AvgIpc) is 3.30. The van der Waals surface area contributed by atoms with Crippen molar-refractivity contribution in [2.45, 2.75) is 24.3 Å². The molecule has 162 valence electrons. The Bertz CT molecular complexity index is 1010. The maximum Gasteiger partial charge on any atom is 0.241 e. The molecule has 2 aliphatic rings. The predicted molar refractivity (Wildman–Crippen MR) is 105 cm³/mol. The molecular formula is C18H22F2N6O3S. The molecule has 9 nitrogen and oxygen atoms in total. The first kappa shape index (κ1) is 20.8. The number of nitrogens with zero attached hydrogens (tertiary/aromatic N) is 5. The van der Waals surface area contributed by atoms with E-state index in [1.165, 1.54) is 0 Å². The summed E-state index contributed by atoms with van der Waals surface area (Å²) in [6.07, 6.45) is 2.08. The quantitative estimate of drug-likeness (QED) is 0.712. The Morgan fingerprint density at radius 3 is 2.20 bits per heavy atom. The maximum atomic E-state index is 13.4. The zero-order chi connectivity index (χ0) is 21.1. The molecule has 1 N–H and O–H groups in total. The zero-order valence-corrected chi connectivity index (χ0v) is 17.0. The van der Waals surface area contributed by atoms with Gasteiger partial charge < -0.3 is 14.5 Å². The lowest BCUT2D eigenvalue weighted by atomic mass is 10.3. The summed E-state index contributed by atoms with van der Waals surface area (Å²) < 4.78 is 59.3. The molecule has 0 unspecified atom stereocenters. The molecule has 0 aliphatic carbocycles. The molecular weight excluding hydrogens is 418 g/mol. The van der Waals surface area contributed by atoms with E-state index in [-0.39, 0.29) is 17.3 Å². The van der Waals surface area contributed by atoms with Gasteiger partial charge in [-0.05, 0) is 31.0 Å². The Morgan fingerprint density at radius 1 is 0.933 bits per heavy atom. The highest BCUT2D eigenvalue weighted by molar-refractivity contribution is 7.89. The molecule has 12 heteroatoms. The first-order valence-electron chi connectivity index (χ1n) is 9.70. The highest BCUT2D eigenvalue weighted by atomic mass is 32.2. The first-order chi connectivity index (χ1) is 14.4. The SMILES string of the molecule is O=S(=O)(NCc1nc(N2CCCC2)nc(N2CCOCC2)n1)c1ccc(F)c(F)c1. The minimum Gasteiger partial charge on any atom is -0.378 e. The van der Waals surface area contributed by atoms with Gasteiger partial charge in [0, 0.05) is 26.2 Å². The van der Waals surface area contributed by atoms with Gasteiger partial charge in [-0.15, -0.1) is 0 Å². The molecule has 1 aromatic carbocycles. The van der Waals surface area contributed by atoms with E-state index in [9.17, 15) is 17.2 Å². The molecule has 0 radical (unpaired) electrons. The lowest BCUT2D eigenvalue weighted by Crippen LogP contribution is -2.38. The fourth-order valence-corrected chi connectivity index (χ4v) is 4.32. The van der Waals surface area contributed by atoms with Gasteiger partial charge in [0.25, 0.3) is 0 Å². The second-order valence-electron chi connectivity index (χ2n) is 7.05. The van der Waals surface area contributed by atoms with Gasteiger partial charge in [0.05, 0.1) is 24.7 Å². The monoisotopic (exact) mass is 440 g/mol. The third-order valence-electron chi connectivity index (χ3n) is 4.96. The summed E-state index contributed by atoms with van der Waals surface area (Å²) in [7, 11) is -4.07. The number of aromatic nitrogens is 3. The van der Waals surface area contributed by atoms with Crippen LogP contribution < -0.4 is 14.5 Å². The van der Waals surface area contributed by atoms with Crippen molar-refractivity contribution in [1.29, 1.82) is 0 Å². The molecule has 2 saturated heterocycles. The fourth-order valence-electron chi connectivity index (χ4n) is 3.32. The summed E-state index contributed by atoms with van der Waals surface area (Å²) in [4.78, 5) is 17.0. The van der Waals surface area contributed by atoms with Gasteiger partial charge in [-0.25, -0.2) is 21.9 Å². The highest BCUT2D eigenvalue weighted by Crippen LogP contribution is 2.20. The number of hydrogen-bond donors (Lipinski definition) is 1. The number of hydrogen-bond acceptors (Lipinski definition) is 8. The summed E-state index contributed by atoms with van der Waals surface area (Å²) in [5.41, 5.74) is 0. The first-order valence-corrected chi connectivity index (χ1v) is 11.2. The van der Waals surface area contributed by atoms with E-state index in [1.54, 1.807) is 0 Å². The van der Waals surface area contributed by atoms with Gasteiger partial charge in [0.1, 0.15) is 0 Å². The van der Waals surface area contributed by atoms with Crippen LogP contribution in [0.4, 0.5) is 20.7 Å². The topological polar surface area (TPSA) is 101 Å².